The quantitative estimate of drug-likeness (QED) is 0.656. The highest BCUT2D eigenvalue weighted by molar-refractivity contribution is 8.01. The van der Waals surface area contributed by atoms with Gasteiger partial charge in [0.1, 0.15) is 0 Å². The van der Waals surface area contributed by atoms with Crippen LogP contribution in [0.25, 0.3) is 0 Å². The molecule has 1 aliphatic heterocycles. The molecular formula is C11H24N2O2S2. The van der Waals surface area contributed by atoms with Gasteiger partial charge in [0, 0.05) is 11.3 Å². The number of hydrogen-bond acceptors (Lipinski definition) is 4. The summed E-state index contributed by atoms with van der Waals surface area (Å²) in [7, 11) is -3.09. The fourth-order valence-corrected chi connectivity index (χ4v) is 4.42. The van der Waals surface area contributed by atoms with Crippen LogP contribution < -0.4 is 10.0 Å². The molecule has 0 radical (unpaired) electrons. The van der Waals surface area contributed by atoms with Gasteiger partial charge < -0.3 is 5.32 Å². The first-order valence-corrected chi connectivity index (χ1v) is 8.93. The minimum atomic E-state index is -3.09. The van der Waals surface area contributed by atoms with E-state index in [0.717, 1.165) is 25.3 Å². The number of thioether (sulfide) groups is 1. The topological polar surface area (TPSA) is 58.2 Å². The molecule has 4 nitrogen and oxygen atoms in total. The predicted octanol–water partition coefficient (Wildman–Crippen LogP) is 1.19. The molecule has 0 aromatic carbocycles. The van der Waals surface area contributed by atoms with Gasteiger partial charge in [-0.3, -0.25) is 0 Å². The molecule has 1 fully saturated rings. The van der Waals surface area contributed by atoms with Gasteiger partial charge in [0.2, 0.25) is 10.0 Å². The first kappa shape index (κ1) is 15.3. The maximum Gasteiger partial charge on any atom is 0.211 e. The summed E-state index contributed by atoms with van der Waals surface area (Å²) < 4.78 is 26.3. The van der Waals surface area contributed by atoms with Gasteiger partial charge in [0.25, 0.3) is 0 Å². The molecular weight excluding hydrogens is 256 g/mol. The zero-order valence-corrected chi connectivity index (χ0v) is 12.4. The van der Waals surface area contributed by atoms with E-state index in [-0.39, 0.29) is 10.5 Å². The Bertz CT molecular complexity index is 311. The van der Waals surface area contributed by atoms with Crippen LogP contribution in [-0.2, 0) is 10.0 Å². The molecule has 2 N–H and O–H groups in total. The Hall–Kier alpha value is 0.220. The van der Waals surface area contributed by atoms with Gasteiger partial charge in [-0.1, -0.05) is 6.92 Å². The molecule has 0 saturated carbocycles. The van der Waals surface area contributed by atoms with E-state index >= 15 is 0 Å². The number of rotatable bonds is 8. The molecule has 0 bridgehead atoms. The normalized spacial score (nSPS) is 25.3. The predicted molar refractivity (Wildman–Crippen MR) is 75.0 cm³/mol. The molecule has 1 unspecified atom stereocenters. The lowest BCUT2D eigenvalue weighted by Gasteiger charge is -2.22. The highest BCUT2D eigenvalue weighted by Crippen LogP contribution is 2.37. The molecule has 0 aromatic heterocycles. The van der Waals surface area contributed by atoms with Gasteiger partial charge in [-0.15, -0.1) is 0 Å². The smallest absolute Gasteiger partial charge is 0.211 e. The van der Waals surface area contributed by atoms with Crippen molar-refractivity contribution in [2.24, 2.45) is 0 Å². The molecule has 17 heavy (non-hydrogen) atoms. The summed E-state index contributed by atoms with van der Waals surface area (Å²) in [6.45, 7) is 6.39. The van der Waals surface area contributed by atoms with Crippen LogP contribution >= 0.6 is 11.8 Å². The van der Waals surface area contributed by atoms with E-state index in [9.17, 15) is 8.42 Å². The molecule has 1 saturated heterocycles. The lowest BCUT2D eigenvalue weighted by molar-refractivity contribution is 0.549. The average Bonchev–Trinajstić information content (AvgIpc) is 2.70. The van der Waals surface area contributed by atoms with E-state index < -0.39 is 10.0 Å². The van der Waals surface area contributed by atoms with Crippen molar-refractivity contribution in [2.75, 3.05) is 31.1 Å². The SMILES string of the molecule is CCNCCCS(=O)(=O)NCC1(C)CCCS1. The second-order valence-corrected chi connectivity index (χ2v) is 8.36. The molecule has 0 aliphatic carbocycles. The lowest BCUT2D eigenvalue weighted by Crippen LogP contribution is -2.38. The zero-order chi connectivity index (χ0) is 12.8. The van der Waals surface area contributed by atoms with E-state index in [2.05, 4.69) is 17.0 Å². The summed E-state index contributed by atoms with van der Waals surface area (Å²) >= 11 is 1.88. The first-order valence-electron chi connectivity index (χ1n) is 6.29. The largest absolute Gasteiger partial charge is 0.317 e. The molecule has 1 atom stereocenters. The molecule has 0 amide bonds. The lowest BCUT2D eigenvalue weighted by atomic mass is 10.1. The van der Waals surface area contributed by atoms with Crippen LogP contribution in [-0.4, -0.2) is 44.3 Å². The third-order valence-electron chi connectivity index (χ3n) is 2.98. The van der Waals surface area contributed by atoms with Crippen molar-refractivity contribution in [1.29, 1.82) is 0 Å². The second kappa shape index (κ2) is 6.97. The van der Waals surface area contributed by atoms with Crippen LogP contribution in [0, 0.1) is 0 Å². The number of hydrogen-bond donors (Lipinski definition) is 2. The molecule has 0 spiro atoms. The average molecular weight is 280 g/mol. The van der Waals surface area contributed by atoms with Gasteiger partial charge in [-0.25, -0.2) is 13.1 Å². The molecule has 102 valence electrons. The number of sulfonamides is 1. The van der Waals surface area contributed by atoms with Crippen molar-refractivity contribution in [3.05, 3.63) is 0 Å². The molecule has 1 heterocycles. The highest BCUT2D eigenvalue weighted by atomic mass is 32.2. The summed E-state index contributed by atoms with van der Waals surface area (Å²) in [5, 5.41) is 3.13. The highest BCUT2D eigenvalue weighted by Gasteiger charge is 2.30. The van der Waals surface area contributed by atoms with Crippen LogP contribution in [0.4, 0.5) is 0 Å². The van der Waals surface area contributed by atoms with Crippen LogP contribution in [0.5, 0.6) is 0 Å². The van der Waals surface area contributed by atoms with Crippen LogP contribution in [0.15, 0.2) is 0 Å². The summed E-state index contributed by atoms with van der Waals surface area (Å²) in [6.07, 6.45) is 2.98. The third-order valence-corrected chi connectivity index (χ3v) is 5.93. The van der Waals surface area contributed by atoms with E-state index in [1.807, 2.05) is 18.7 Å². The van der Waals surface area contributed by atoms with Crippen LogP contribution in [0.2, 0.25) is 0 Å². The van der Waals surface area contributed by atoms with Gasteiger partial charge in [0.15, 0.2) is 0 Å². The van der Waals surface area contributed by atoms with E-state index in [0.29, 0.717) is 13.0 Å². The van der Waals surface area contributed by atoms with Crippen molar-refractivity contribution in [2.45, 2.75) is 37.9 Å². The second-order valence-electron chi connectivity index (χ2n) is 4.75. The summed E-state index contributed by atoms with van der Waals surface area (Å²) in [5.41, 5.74) is 0. The van der Waals surface area contributed by atoms with Crippen molar-refractivity contribution >= 4 is 21.8 Å². The Morgan fingerprint density at radius 1 is 1.41 bits per heavy atom. The zero-order valence-electron chi connectivity index (χ0n) is 10.8. The summed E-state index contributed by atoms with van der Waals surface area (Å²) in [6, 6.07) is 0. The Kier molecular flexibility index (Phi) is 6.26. The van der Waals surface area contributed by atoms with Crippen molar-refractivity contribution in [1.82, 2.24) is 10.0 Å². The minimum absolute atomic E-state index is 0.106. The van der Waals surface area contributed by atoms with E-state index in [4.69, 9.17) is 0 Å². The van der Waals surface area contributed by atoms with Gasteiger partial charge >= 0.3 is 0 Å². The Morgan fingerprint density at radius 3 is 2.76 bits per heavy atom. The van der Waals surface area contributed by atoms with Crippen molar-refractivity contribution < 1.29 is 8.42 Å². The van der Waals surface area contributed by atoms with Crippen LogP contribution in [0.1, 0.15) is 33.1 Å². The standard InChI is InChI=1S/C11H24N2O2S2/c1-3-12-7-5-9-17(14,15)13-10-11(2)6-4-8-16-11/h12-13H,3-10H2,1-2H3. The molecule has 0 aromatic rings. The van der Waals surface area contributed by atoms with Gasteiger partial charge in [0.05, 0.1) is 5.75 Å². The maximum absolute atomic E-state index is 11.7. The molecule has 1 rings (SSSR count). The Morgan fingerprint density at radius 2 is 2.18 bits per heavy atom. The monoisotopic (exact) mass is 280 g/mol. The van der Waals surface area contributed by atoms with E-state index in [1.165, 1.54) is 6.42 Å². The van der Waals surface area contributed by atoms with Crippen molar-refractivity contribution in [3.8, 4) is 0 Å². The number of nitrogens with one attached hydrogen (secondary N) is 2. The third kappa shape index (κ3) is 6.08. The maximum atomic E-state index is 11.7. The van der Waals surface area contributed by atoms with E-state index in [1.54, 1.807) is 0 Å². The molecule has 6 heteroatoms. The fraction of sp³-hybridized carbons (Fsp3) is 1.00. The fourth-order valence-electron chi connectivity index (χ4n) is 1.88. The first-order chi connectivity index (χ1) is 7.97. The Labute approximate surface area is 109 Å². The van der Waals surface area contributed by atoms with Crippen LogP contribution in [0.3, 0.4) is 0 Å². The molecule has 1 aliphatic rings. The van der Waals surface area contributed by atoms with Crippen molar-refractivity contribution in [3.63, 3.8) is 0 Å². The summed E-state index contributed by atoms with van der Waals surface area (Å²) in [4.78, 5) is 0. The Balaban J connectivity index is 2.24. The minimum Gasteiger partial charge on any atom is -0.317 e. The van der Waals surface area contributed by atoms with Gasteiger partial charge in [-0.05, 0) is 45.0 Å². The summed E-state index contributed by atoms with van der Waals surface area (Å²) in [5.74, 6) is 1.37. The van der Waals surface area contributed by atoms with Gasteiger partial charge in [-0.2, -0.15) is 11.8 Å².